The van der Waals surface area contributed by atoms with Crippen LogP contribution in [0.5, 0.6) is 11.5 Å². The molecule has 0 saturated carbocycles. The molecule has 5 heteroatoms. The average molecular weight is 379 g/mol. The maximum absolute atomic E-state index is 6.00. The molecule has 23 heavy (non-hydrogen) atoms. The summed E-state index contributed by atoms with van der Waals surface area (Å²) in [4.78, 5) is 4.28. The van der Waals surface area contributed by atoms with Gasteiger partial charge in [0.2, 0.25) is 0 Å². The zero-order chi connectivity index (χ0) is 16.5. The molecule has 1 aromatic heterocycles. The van der Waals surface area contributed by atoms with Crippen molar-refractivity contribution < 1.29 is 9.47 Å². The van der Waals surface area contributed by atoms with E-state index in [1.165, 1.54) is 12.8 Å². The third-order valence-corrected chi connectivity index (χ3v) is 3.89. The molecule has 1 heterocycles. The Hall–Kier alpha value is -1.75. The van der Waals surface area contributed by atoms with Gasteiger partial charge in [-0.05, 0) is 30.7 Å². The lowest BCUT2D eigenvalue weighted by Gasteiger charge is -2.16. The Morgan fingerprint density at radius 3 is 2.78 bits per heavy atom. The molecule has 0 spiro atoms. The molecule has 0 fully saturated rings. The van der Waals surface area contributed by atoms with Gasteiger partial charge in [-0.2, -0.15) is 0 Å². The third kappa shape index (κ3) is 5.43. The van der Waals surface area contributed by atoms with Crippen LogP contribution < -0.4 is 14.8 Å². The number of hydrogen-bond donors (Lipinski definition) is 1. The molecule has 0 atom stereocenters. The highest BCUT2D eigenvalue weighted by atomic mass is 79.9. The molecule has 0 amide bonds. The van der Waals surface area contributed by atoms with Crippen molar-refractivity contribution in [2.45, 2.75) is 32.7 Å². The minimum absolute atomic E-state index is 0.621. The van der Waals surface area contributed by atoms with Crippen molar-refractivity contribution in [2.75, 3.05) is 19.0 Å². The number of nitrogens with one attached hydrogen (secondary N) is 1. The SMILES string of the molecule is CCCCCOc1c(CNc2ccccn2)cc(Br)cc1OC. The molecule has 2 aromatic rings. The summed E-state index contributed by atoms with van der Waals surface area (Å²) in [6, 6.07) is 9.78. The molecule has 0 saturated heterocycles. The Morgan fingerprint density at radius 1 is 1.22 bits per heavy atom. The van der Waals surface area contributed by atoms with Crippen LogP contribution in [0.1, 0.15) is 31.7 Å². The van der Waals surface area contributed by atoms with Crippen LogP contribution in [-0.4, -0.2) is 18.7 Å². The quantitative estimate of drug-likeness (QED) is 0.621. The lowest BCUT2D eigenvalue weighted by molar-refractivity contribution is 0.283. The number of rotatable bonds is 9. The summed E-state index contributed by atoms with van der Waals surface area (Å²) in [6.07, 6.45) is 5.16. The maximum atomic E-state index is 6.00. The summed E-state index contributed by atoms with van der Waals surface area (Å²) >= 11 is 3.53. The first kappa shape index (κ1) is 17.6. The molecule has 0 aliphatic rings. The van der Waals surface area contributed by atoms with E-state index in [4.69, 9.17) is 9.47 Å². The van der Waals surface area contributed by atoms with Crippen molar-refractivity contribution in [3.05, 3.63) is 46.6 Å². The van der Waals surface area contributed by atoms with E-state index in [1.54, 1.807) is 13.3 Å². The number of aromatic nitrogens is 1. The number of anilines is 1. The van der Waals surface area contributed by atoms with Gasteiger partial charge in [-0.25, -0.2) is 4.98 Å². The van der Waals surface area contributed by atoms with E-state index in [1.807, 2.05) is 30.3 Å². The van der Waals surface area contributed by atoms with Gasteiger partial charge in [-0.3, -0.25) is 0 Å². The maximum Gasteiger partial charge on any atom is 0.166 e. The second kappa shape index (κ2) is 9.40. The van der Waals surface area contributed by atoms with Gasteiger partial charge in [-0.1, -0.05) is 41.8 Å². The summed E-state index contributed by atoms with van der Waals surface area (Å²) in [7, 11) is 1.66. The van der Waals surface area contributed by atoms with Crippen LogP contribution in [-0.2, 0) is 6.54 Å². The summed E-state index contributed by atoms with van der Waals surface area (Å²) in [5.41, 5.74) is 1.04. The monoisotopic (exact) mass is 378 g/mol. The predicted octanol–water partition coefficient (Wildman–Crippen LogP) is 5.03. The molecule has 0 radical (unpaired) electrons. The highest BCUT2D eigenvalue weighted by Gasteiger charge is 2.13. The molecule has 1 aromatic carbocycles. The van der Waals surface area contributed by atoms with E-state index >= 15 is 0 Å². The van der Waals surface area contributed by atoms with Gasteiger partial charge in [0.25, 0.3) is 0 Å². The number of benzene rings is 1. The largest absolute Gasteiger partial charge is 0.493 e. The fourth-order valence-electron chi connectivity index (χ4n) is 2.25. The van der Waals surface area contributed by atoms with E-state index in [-0.39, 0.29) is 0 Å². The number of unbranched alkanes of at least 4 members (excludes halogenated alkanes) is 2. The van der Waals surface area contributed by atoms with Gasteiger partial charge < -0.3 is 14.8 Å². The van der Waals surface area contributed by atoms with Crippen LogP contribution in [0, 0.1) is 0 Å². The van der Waals surface area contributed by atoms with Crippen molar-refractivity contribution >= 4 is 21.7 Å². The molecule has 0 unspecified atom stereocenters. The van der Waals surface area contributed by atoms with E-state index in [2.05, 4.69) is 33.2 Å². The molecular formula is C18H23BrN2O2. The van der Waals surface area contributed by atoms with Gasteiger partial charge in [0, 0.05) is 22.8 Å². The number of hydrogen-bond acceptors (Lipinski definition) is 4. The standard InChI is InChI=1S/C18H23BrN2O2/c1-3-4-7-10-23-18-14(11-15(19)12-16(18)22-2)13-21-17-8-5-6-9-20-17/h5-6,8-9,11-12H,3-4,7,10,13H2,1-2H3,(H,20,21). The van der Waals surface area contributed by atoms with E-state index in [9.17, 15) is 0 Å². The number of pyridine rings is 1. The Morgan fingerprint density at radius 2 is 2.09 bits per heavy atom. The minimum atomic E-state index is 0.621. The average Bonchev–Trinajstić information content (AvgIpc) is 2.58. The first-order chi connectivity index (χ1) is 11.2. The smallest absolute Gasteiger partial charge is 0.166 e. The van der Waals surface area contributed by atoms with E-state index in [0.717, 1.165) is 33.8 Å². The van der Waals surface area contributed by atoms with E-state index < -0.39 is 0 Å². The third-order valence-electron chi connectivity index (χ3n) is 3.44. The highest BCUT2D eigenvalue weighted by Crippen LogP contribution is 2.35. The zero-order valence-corrected chi connectivity index (χ0v) is 15.2. The Kier molecular flexibility index (Phi) is 7.20. The summed E-state index contributed by atoms with van der Waals surface area (Å²) in [5, 5.41) is 3.31. The second-order valence-corrected chi connectivity index (χ2v) is 6.14. The molecule has 124 valence electrons. The summed E-state index contributed by atoms with van der Waals surface area (Å²) < 4.78 is 12.4. The fraction of sp³-hybridized carbons (Fsp3) is 0.389. The number of nitrogens with zero attached hydrogens (tertiary/aromatic N) is 1. The van der Waals surface area contributed by atoms with Gasteiger partial charge >= 0.3 is 0 Å². The van der Waals surface area contributed by atoms with Crippen molar-refractivity contribution in [1.82, 2.24) is 4.98 Å². The van der Waals surface area contributed by atoms with Crippen LogP contribution in [0.25, 0.3) is 0 Å². The fourth-order valence-corrected chi connectivity index (χ4v) is 2.73. The van der Waals surface area contributed by atoms with Crippen molar-refractivity contribution in [2.24, 2.45) is 0 Å². The van der Waals surface area contributed by atoms with Crippen molar-refractivity contribution in [1.29, 1.82) is 0 Å². The lowest BCUT2D eigenvalue weighted by atomic mass is 10.1. The first-order valence-electron chi connectivity index (χ1n) is 7.88. The van der Waals surface area contributed by atoms with E-state index in [0.29, 0.717) is 13.2 Å². The zero-order valence-electron chi connectivity index (χ0n) is 13.6. The van der Waals surface area contributed by atoms with Crippen molar-refractivity contribution in [3.8, 4) is 11.5 Å². The summed E-state index contributed by atoms with van der Waals surface area (Å²) in [6.45, 7) is 3.50. The normalized spacial score (nSPS) is 10.4. The van der Waals surface area contributed by atoms with Gasteiger partial charge in [0.1, 0.15) is 5.82 Å². The van der Waals surface area contributed by atoms with Gasteiger partial charge in [-0.15, -0.1) is 0 Å². The molecule has 0 bridgehead atoms. The first-order valence-corrected chi connectivity index (χ1v) is 8.68. The predicted molar refractivity (Wildman–Crippen MR) is 97.3 cm³/mol. The molecule has 2 rings (SSSR count). The van der Waals surface area contributed by atoms with Crippen molar-refractivity contribution in [3.63, 3.8) is 0 Å². The minimum Gasteiger partial charge on any atom is -0.493 e. The van der Waals surface area contributed by atoms with Crippen LogP contribution in [0.2, 0.25) is 0 Å². The second-order valence-electron chi connectivity index (χ2n) is 5.22. The lowest BCUT2D eigenvalue weighted by Crippen LogP contribution is -2.07. The molecular weight excluding hydrogens is 356 g/mol. The summed E-state index contributed by atoms with van der Waals surface area (Å²) in [5.74, 6) is 2.38. The Balaban J connectivity index is 2.13. The van der Waals surface area contributed by atoms with Crippen LogP contribution >= 0.6 is 15.9 Å². The number of halogens is 1. The molecule has 0 aliphatic heterocycles. The number of methoxy groups -OCH3 is 1. The molecule has 4 nitrogen and oxygen atoms in total. The van der Waals surface area contributed by atoms with Gasteiger partial charge in [0.05, 0.1) is 13.7 Å². The number of ether oxygens (including phenoxy) is 2. The Bertz CT molecular complexity index is 605. The van der Waals surface area contributed by atoms with Crippen LogP contribution in [0.15, 0.2) is 41.0 Å². The van der Waals surface area contributed by atoms with Crippen LogP contribution in [0.3, 0.4) is 0 Å². The Labute approximate surface area is 146 Å². The molecule has 1 N–H and O–H groups in total. The highest BCUT2D eigenvalue weighted by molar-refractivity contribution is 9.10. The topological polar surface area (TPSA) is 43.4 Å². The molecule has 0 aliphatic carbocycles. The van der Waals surface area contributed by atoms with Gasteiger partial charge in [0.15, 0.2) is 11.5 Å². The van der Waals surface area contributed by atoms with Crippen LogP contribution in [0.4, 0.5) is 5.82 Å².